The number of nitrogens with zero attached hydrogens (tertiary/aromatic N) is 1. The van der Waals surface area contributed by atoms with E-state index in [4.69, 9.17) is 4.74 Å². The van der Waals surface area contributed by atoms with Crippen LogP contribution < -0.4 is 4.74 Å². The van der Waals surface area contributed by atoms with Gasteiger partial charge < -0.3 is 4.74 Å². The Labute approximate surface area is 117 Å². The van der Waals surface area contributed by atoms with Crippen molar-refractivity contribution < 1.29 is 9.84 Å². The molecule has 0 N–H and O–H groups in total. The summed E-state index contributed by atoms with van der Waals surface area (Å²) in [7, 11) is 0. The molecule has 99 valence electrons. The second-order valence-electron chi connectivity index (χ2n) is 4.77. The second-order valence-corrected chi connectivity index (χ2v) is 4.77. The van der Waals surface area contributed by atoms with Crippen LogP contribution in [-0.2, 0) is 5.11 Å². The van der Waals surface area contributed by atoms with Crippen molar-refractivity contribution in [3.05, 3.63) is 59.7 Å². The minimum absolute atomic E-state index is 0.0201. The fraction of sp³-hybridized carbons (Fsp3) is 0.118. The number of aromatic nitrogens is 1. The fourth-order valence-corrected chi connectivity index (χ4v) is 2.11. The number of fused-ring (bicyclic) bond motifs is 1. The summed E-state index contributed by atoms with van der Waals surface area (Å²) in [5.74, 6) is 1.26. The number of aryl methyl sites for hydroxylation is 1. The van der Waals surface area contributed by atoms with Gasteiger partial charge in [0.05, 0.1) is 5.52 Å². The van der Waals surface area contributed by atoms with Crippen molar-refractivity contribution in [2.45, 2.75) is 13.8 Å². The minimum atomic E-state index is -0.0201. The first-order chi connectivity index (χ1) is 9.65. The molecule has 0 fully saturated rings. The zero-order valence-electron chi connectivity index (χ0n) is 11.4. The molecular formula is C17H14NO2. The molecule has 0 spiro atoms. The number of ether oxygens (including phenoxy) is 1. The van der Waals surface area contributed by atoms with E-state index in [2.05, 4.69) is 4.98 Å². The summed E-state index contributed by atoms with van der Waals surface area (Å²) in [5.41, 5.74) is 2.91. The molecule has 0 amide bonds. The molecule has 0 saturated carbocycles. The lowest BCUT2D eigenvalue weighted by Crippen LogP contribution is -1.92. The van der Waals surface area contributed by atoms with E-state index in [9.17, 15) is 5.11 Å². The number of hydrogen-bond donors (Lipinski definition) is 0. The molecule has 0 unspecified atom stereocenters. The number of benzene rings is 2. The highest BCUT2D eigenvalue weighted by Crippen LogP contribution is 2.29. The van der Waals surface area contributed by atoms with Crippen LogP contribution in [0.15, 0.2) is 48.5 Å². The van der Waals surface area contributed by atoms with Crippen LogP contribution in [0.2, 0.25) is 0 Å². The molecule has 3 rings (SSSR count). The van der Waals surface area contributed by atoms with E-state index >= 15 is 0 Å². The zero-order valence-corrected chi connectivity index (χ0v) is 11.4. The molecule has 0 aliphatic carbocycles. The first-order valence-corrected chi connectivity index (χ1v) is 6.46. The first-order valence-electron chi connectivity index (χ1n) is 6.46. The predicted molar refractivity (Wildman–Crippen MR) is 77.9 cm³/mol. The molecule has 3 aromatic rings. The predicted octanol–water partition coefficient (Wildman–Crippen LogP) is 4.79. The van der Waals surface area contributed by atoms with Crippen LogP contribution >= 0.6 is 0 Å². The van der Waals surface area contributed by atoms with Gasteiger partial charge in [0, 0.05) is 11.5 Å². The lowest BCUT2D eigenvalue weighted by atomic mass is 10.1. The standard InChI is InChI=1S/C17H14NO2/c1-11-5-3-8-16(12(11)2)20-17-10-9-13-14(18-17)6-4-7-15(13)19/h3-10H,1-2H3. The van der Waals surface area contributed by atoms with Gasteiger partial charge >= 0.3 is 0 Å². The van der Waals surface area contributed by atoms with Crippen LogP contribution in [0.3, 0.4) is 0 Å². The van der Waals surface area contributed by atoms with Gasteiger partial charge in [-0.05, 0) is 49.2 Å². The molecule has 1 aromatic heterocycles. The molecule has 1 heterocycles. The third-order valence-corrected chi connectivity index (χ3v) is 3.44. The van der Waals surface area contributed by atoms with Crippen molar-refractivity contribution in [1.29, 1.82) is 0 Å². The molecular weight excluding hydrogens is 250 g/mol. The summed E-state index contributed by atoms with van der Waals surface area (Å²) in [6.07, 6.45) is 0. The highest BCUT2D eigenvalue weighted by Gasteiger charge is 2.07. The van der Waals surface area contributed by atoms with Crippen LogP contribution in [-0.4, -0.2) is 4.98 Å². The lowest BCUT2D eigenvalue weighted by Gasteiger charge is -2.10. The normalized spacial score (nSPS) is 10.7. The number of rotatable bonds is 2. The summed E-state index contributed by atoms with van der Waals surface area (Å²) < 4.78 is 5.82. The molecule has 1 radical (unpaired) electrons. The van der Waals surface area contributed by atoms with Crippen LogP contribution in [0.5, 0.6) is 17.4 Å². The molecule has 3 heteroatoms. The quantitative estimate of drug-likeness (QED) is 0.668. The Kier molecular flexibility index (Phi) is 3.03. The van der Waals surface area contributed by atoms with Crippen molar-refractivity contribution in [3.63, 3.8) is 0 Å². The van der Waals surface area contributed by atoms with Crippen LogP contribution in [0.4, 0.5) is 0 Å². The lowest BCUT2D eigenvalue weighted by molar-refractivity contribution is 0.360. The Bertz CT molecular complexity index is 781. The molecule has 0 bridgehead atoms. The maximum absolute atomic E-state index is 11.7. The van der Waals surface area contributed by atoms with E-state index in [1.54, 1.807) is 18.2 Å². The van der Waals surface area contributed by atoms with E-state index < -0.39 is 0 Å². The van der Waals surface area contributed by atoms with Crippen LogP contribution in [0, 0.1) is 13.8 Å². The highest BCUT2D eigenvalue weighted by molar-refractivity contribution is 5.85. The van der Waals surface area contributed by atoms with Gasteiger partial charge in [0.15, 0.2) is 5.75 Å². The average Bonchev–Trinajstić information content (AvgIpc) is 2.44. The van der Waals surface area contributed by atoms with Crippen molar-refractivity contribution in [1.82, 2.24) is 4.98 Å². The summed E-state index contributed by atoms with van der Waals surface area (Å²) in [4.78, 5) is 4.38. The van der Waals surface area contributed by atoms with Gasteiger partial charge in [-0.2, -0.15) is 0 Å². The molecule has 0 saturated heterocycles. The van der Waals surface area contributed by atoms with Crippen LogP contribution in [0.1, 0.15) is 11.1 Å². The molecule has 3 nitrogen and oxygen atoms in total. The van der Waals surface area contributed by atoms with Crippen molar-refractivity contribution in [3.8, 4) is 17.4 Å². The third-order valence-electron chi connectivity index (χ3n) is 3.44. The van der Waals surface area contributed by atoms with Crippen LogP contribution in [0.25, 0.3) is 10.9 Å². The molecule has 0 aliphatic rings. The average molecular weight is 264 g/mol. The second kappa shape index (κ2) is 4.85. The molecule has 2 aromatic carbocycles. The summed E-state index contributed by atoms with van der Waals surface area (Å²) in [6, 6.07) is 14.4. The van der Waals surface area contributed by atoms with E-state index in [1.165, 1.54) is 11.6 Å². The van der Waals surface area contributed by atoms with Gasteiger partial charge in [-0.15, -0.1) is 0 Å². The Morgan fingerprint density at radius 3 is 2.60 bits per heavy atom. The van der Waals surface area contributed by atoms with Gasteiger partial charge in [-0.25, -0.2) is 4.98 Å². The molecule has 0 atom stereocenters. The summed E-state index contributed by atoms with van der Waals surface area (Å²) in [6.45, 7) is 4.06. The highest BCUT2D eigenvalue weighted by atomic mass is 16.5. The van der Waals surface area contributed by atoms with Crippen molar-refractivity contribution in [2.24, 2.45) is 0 Å². The monoisotopic (exact) mass is 264 g/mol. The maximum Gasteiger partial charge on any atom is 0.219 e. The third kappa shape index (κ3) is 2.18. The van der Waals surface area contributed by atoms with E-state index in [1.807, 2.05) is 38.1 Å². The summed E-state index contributed by atoms with van der Waals surface area (Å²) >= 11 is 0. The fourth-order valence-electron chi connectivity index (χ4n) is 2.11. The largest absolute Gasteiger partial charge is 0.439 e. The summed E-state index contributed by atoms with van der Waals surface area (Å²) in [5, 5.41) is 12.3. The number of hydrogen-bond acceptors (Lipinski definition) is 2. The van der Waals surface area contributed by atoms with Gasteiger partial charge in [0.25, 0.3) is 0 Å². The first kappa shape index (κ1) is 12.5. The zero-order chi connectivity index (χ0) is 14.1. The van der Waals surface area contributed by atoms with Crippen molar-refractivity contribution in [2.75, 3.05) is 0 Å². The Morgan fingerprint density at radius 2 is 1.75 bits per heavy atom. The minimum Gasteiger partial charge on any atom is -0.439 e. The number of pyridine rings is 1. The van der Waals surface area contributed by atoms with E-state index in [0.29, 0.717) is 16.8 Å². The Hall–Kier alpha value is -2.55. The Morgan fingerprint density at radius 1 is 0.950 bits per heavy atom. The van der Waals surface area contributed by atoms with Gasteiger partial charge in [-0.3, -0.25) is 5.11 Å². The van der Waals surface area contributed by atoms with Gasteiger partial charge in [0.1, 0.15) is 5.75 Å². The van der Waals surface area contributed by atoms with Crippen molar-refractivity contribution >= 4 is 10.9 Å². The van der Waals surface area contributed by atoms with Gasteiger partial charge in [-0.1, -0.05) is 18.2 Å². The van der Waals surface area contributed by atoms with Gasteiger partial charge in [0.2, 0.25) is 5.88 Å². The topological polar surface area (TPSA) is 42.0 Å². The SMILES string of the molecule is Cc1cccc(Oc2ccc3c([O])cccc3n2)c1C. The molecule has 0 aliphatic heterocycles. The van der Waals surface area contributed by atoms with E-state index in [0.717, 1.165) is 11.3 Å². The van der Waals surface area contributed by atoms with E-state index in [-0.39, 0.29) is 5.75 Å². The molecule has 20 heavy (non-hydrogen) atoms. The Balaban J connectivity index is 2.01. The smallest absolute Gasteiger partial charge is 0.219 e. The maximum atomic E-state index is 11.7.